The maximum atomic E-state index is 12.3. The zero-order chi connectivity index (χ0) is 17.5. The average Bonchev–Trinajstić information content (AvgIpc) is 2.61. The molecule has 0 heterocycles. The van der Waals surface area contributed by atoms with Gasteiger partial charge in [0.2, 0.25) is 5.91 Å². The molecule has 24 heavy (non-hydrogen) atoms. The summed E-state index contributed by atoms with van der Waals surface area (Å²) in [6.45, 7) is 1.92. The molecule has 0 saturated heterocycles. The molecular weight excluding hydrogens is 306 g/mol. The van der Waals surface area contributed by atoms with Crippen LogP contribution < -0.4 is 19.5 Å². The van der Waals surface area contributed by atoms with E-state index >= 15 is 0 Å². The van der Waals surface area contributed by atoms with Crippen molar-refractivity contribution in [3.8, 4) is 17.2 Å². The summed E-state index contributed by atoms with van der Waals surface area (Å²) in [7, 11) is 4.82. The van der Waals surface area contributed by atoms with Gasteiger partial charge in [-0.25, -0.2) is 0 Å². The normalized spacial score (nSPS) is 11.5. The molecule has 0 aliphatic heterocycles. The molecule has 5 nitrogen and oxygen atoms in total. The minimum absolute atomic E-state index is 0.0689. The van der Waals surface area contributed by atoms with Crippen molar-refractivity contribution in [2.24, 2.45) is 0 Å². The second-order valence-corrected chi connectivity index (χ2v) is 5.43. The number of rotatable bonds is 7. The molecule has 1 unspecified atom stereocenters. The van der Waals surface area contributed by atoms with Crippen molar-refractivity contribution in [2.45, 2.75) is 19.4 Å². The van der Waals surface area contributed by atoms with E-state index in [1.165, 1.54) is 0 Å². The summed E-state index contributed by atoms with van der Waals surface area (Å²) < 4.78 is 15.8. The zero-order valence-electron chi connectivity index (χ0n) is 14.5. The van der Waals surface area contributed by atoms with Crippen molar-refractivity contribution < 1.29 is 19.0 Å². The molecule has 1 atom stereocenters. The minimum atomic E-state index is -0.201. The fourth-order valence-electron chi connectivity index (χ4n) is 2.52. The monoisotopic (exact) mass is 329 g/mol. The third-order valence-corrected chi connectivity index (χ3v) is 3.78. The zero-order valence-corrected chi connectivity index (χ0v) is 14.5. The van der Waals surface area contributed by atoms with Gasteiger partial charge < -0.3 is 19.5 Å². The van der Waals surface area contributed by atoms with Gasteiger partial charge >= 0.3 is 0 Å². The van der Waals surface area contributed by atoms with Crippen LogP contribution in [0.5, 0.6) is 17.2 Å². The van der Waals surface area contributed by atoms with Crippen molar-refractivity contribution in [3.63, 3.8) is 0 Å². The van der Waals surface area contributed by atoms with Crippen LogP contribution in [0, 0.1) is 0 Å². The molecule has 1 N–H and O–H groups in total. The lowest BCUT2D eigenvalue weighted by atomic mass is 10.1. The van der Waals surface area contributed by atoms with Gasteiger partial charge in [-0.2, -0.15) is 0 Å². The van der Waals surface area contributed by atoms with Gasteiger partial charge in [-0.1, -0.05) is 12.1 Å². The standard InChI is InChI=1S/C19H23NO4/c1-13(17-12-16(23-3)8-9-18(17)24-4)20-19(21)11-14-6-5-7-15(10-14)22-2/h5-10,12-13H,11H2,1-4H3,(H,20,21). The lowest BCUT2D eigenvalue weighted by Gasteiger charge is -2.18. The summed E-state index contributed by atoms with van der Waals surface area (Å²) in [6, 6.07) is 12.8. The van der Waals surface area contributed by atoms with Gasteiger partial charge in [0.15, 0.2) is 0 Å². The Morgan fingerprint density at radius 2 is 1.71 bits per heavy atom. The fraction of sp³-hybridized carbons (Fsp3) is 0.316. The number of methoxy groups -OCH3 is 3. The third-order valence-electron chi connectivity index (χ3n) is 3.78. The molecule has 2 aromatic carbocycles. The summed E-state index contributed by atoms with van der Waals surface area (Å²) in [5, 5.41) is 2.99. The first-order valence-electron chi connectivity index (χ1n) is 7.71. The predicted octanol–water partition coefficient (Wildman–Crippen LogP) is 3.13. The van der Waals surface area contributed by atoms with Crippen molar-refractivity contribution in [2.75, 3.05) is 21.3 Å². The van der Waals surface area contributed by atoms with Crippen LogP contribution in [-0.4, -0.2) is 27.2 Å². The molecule has 0 radical (unpaired) electrons. The molecule has 128 valence electrons. The average molecular weight is 329 g/mol. The molecule has 0 aromatic heterocycles. The molecule has 0 aliphatic carbocycles. The van der Waals surface area contributed by atoms with E-state index in [0.29, 0.717) is 5.75 Å². The summed E-state index contributed by atoms with van der Waals surface area (Å²) >= 11 is 0. The highest BCUT2D eigenvalue weighted by atomic mass is 16.5. The quantitative estimate of drug-likeness (QED) is 0.848. The van der Waals surface area contributed by atoms with Gasteiger partial charge in [-0.3, -0.25) is 4.79 Å². The Hall–Kier alpha value is -2.69. The largest absolute Gasteiger partial charge is 0.497 e. The van der Waals surface area contributed by atoms with Crippen molar-refractivity contribution in [3.05, 3.63) is 53.6 Å². The van der Waals surface area contributed by atoms with E-state index in [2.05, 4.69) is 5.32 Å². The highest BCUT2D eigenvalue weighted by Gasteiger charge is 2.15. The number of hydrogen-bond donors (Lipinski definition) is 1. The van der Waals surface area contributed by atoms with Gasteiger partial charge in [0.25, 0.3) is 0 Å². The number of ether oxygens (including phenoxy) is 3. The summed E-state index contributed by atoms with van der Waals surface area (Å²) in [5.41, 5.74) is 1.77. The Balaban J connectivity index is 2.08. The van der Waals surface area contributed by atoms with Crippen LogP contribution in [-0.2, 0) is 11.2 Å². The van der Waals surface area contributed by atoms with Crippen LogP contribution in [0.1, 0.15) is 24.1 Å². The molecule has 2 aromatic rings. The Morgan fingerprint density at radius 1 is 1.00 bits per heavy atom. The number of benzene rings is 2. The predicted molar refractivity (Wildman–Crippen MR) is 92.8 cm³/mol. The van der Waals surface area contributed by atoms with E-state index in [-0.39, 0.29) is 18.4 Å². The highest BCUT2D eigenvalue weighted by molar-refractivity contribution is 5.79. The van der Waals surface area contributed by atoms with Crippen LogP contribution in [0.2, 0.25) is 0 Å². The van der Waals surface area contributed by atoms with Crippen LogP contribution in [0.25, 0.3) is 0 Å². The number of hydrogen-bond acceptors (Lipinski definition) is 4. The summed E-state index contributed by atoms with van der Waals surface area (Å²) in [5.74, 6) is 2.10. The Labute approximate surface area is 142 Å². The first-order chi connectivity index (χ1) is 11.6. The van der Waals surface area contributed by atoms with Gasteiger partial charge in [0, 0.05) is 5.56 Å². The molecule has 2 rings (SSSR count). The molecule has 0 bridgehead atoms. The number of carbonyl (C=O) groups excluding carboxylic acids is 1. The van der Waals surface area contributed by atoms with E-state index in [4.69, 9.17) is 14.2 Å². The van der Waals surface area contributed by atoms with Crippen LogP contribution in [0.4, 0.5) is 0 Å². The number of nitrogens with one attached hydrogen (secondary N) is 1. The molecule has 0 spiro atoms. The molecule has 0 fully saturated rings. The minimum Gasteiger partial charge on any atom is -0.497 e. The van der Waals surface area contributed by atoms with Crippen molar-refractivity contribution in [1.82, 2.24) is 5.32 Å². The van der Waals surface area contributed by atoms with Crippen molar-refractivity contribution in [1.29, 1.82) is 0 Å². The second kappa shape index (κ2) is 8.24. The summed E-state index contributed by atoms with van der Waals surface area (Å²) in [6.07, 6.45) is 0.286. The van der Waals surface area contributed by atoms with Gasteiger partial charge in [-0.15, -0.1) is 0 Å². The SMILES string of the molecule is COc1cccc(CC(=O)NC(C)c2cc(OC)ccc2OC)c1. The summed E-state index contributed by atoms with van der Waals surface area (Å²) in [4.78, 5) is 12.3. The molecule has 5 heteroatoms. The van der Waals surface area contributed by atoms with Crippen LogP contribution in [0.15, 0.2) is 42.5 Å². The van der Waals surface area contributed by atoms with E-state index in [9.17, 15) is 4.79 Å². The lowest BCUT2D eigenvalue weighted by Crippen LogP contribution is -2.28. The molecule has 1 amide bonds. The van der Waals surface area contributed by atoms with Crippen LogP contribution >= 0.6 is 0 Å². The molecule has 0 saturated carbocycles. The van der Waals surface area contributed by atoms with E-state index in [1.807, 2.05) is 49.4 Å². The van der Waals surface area contributed by atoms with Gasteiger partial charge in [-0.05, 0) is 42.8 Å². The second-order valence-electron chi connectivity index (χ2n) is 5.43. The molecule has 0 aliphatic rings. The Morgan fingerprint density at radius 3 is 2.38 bits per heavy atom. The van der Waals surface area contributed by atoms with Crippen LogP contribution in [0.3, 0.4) is 0 Å². The maximum Gasteiger partial charge on any atom is 0.224 e. The van der Waals surface area contributed by atoms with E-state index < -0.39 is 0 Å². The van der Waals surface area contributed by atoms with Crippen molar-refractivity contribution >= 4 is 5.91 Å². The highest BCUT2D eigenvalue weighted by Crippen LogP contribution is 2.29. The number of carbonyl (C=O) groups is 1. The fourth-order valence-corrected chi connectivity index (χ4v) is 2.52. The third kappa shape index (κ3) is 4.41. The first kappa shape index (κ1) is 17.7. The first-order valence-corrected chi connectivity index (χ1v) is 7.71. The van der Waals surface area contributed by atoms with E-state index in [1.54, 1.807) is 21.3 Å². The Kier molecular flexibility index (Phi) is 6.07. The number of amides is 1. The smallest absolute Gasteiger partial charge is 0.224 e. The van der Waals surface area contributed by atoms with Gasteiger partial charge in [0.1, 0.15) is 17.2 Å². The van der Waals surface area contributed by atoms with Gasteiger partial charge in [0.05, 0.1) is 33.8 Å². The van der Waals surface area contributed by atoms with E-state index in [0.717, 1.165) is 22.6 Å². The maximum absolute atomic E-state index is 12.3. The lowest BCUT2D eigenvalue weighted by molar-refractivity contribution is -0.121. The topological polar surface area (TPSA) is 56.8 Å². The molecular formula is C19H23NO4. The Bertz CT molecular complexity index is 700.